The largest absolute Gasteiger partial charge is 0.423 e. The highest BCUT2D eigenvalue weighted by molar-refractivity contribution is 5.77. The molecular weight excluding hydrogens is 467 g/mol. The topological polar surface area (TPSA) is 127 Å². The molecular formula is C22H24F3N7O3. The van der Waals surface area contributed by atoms with Crippen molar-refractivity contribution in [2.75, 3.05) is 42.9 Å². The van der Waals surface area contributed by atoms with Gasteiger partial charge in [0, 0.05) is 38.9 Å². The van der Waals surface area contributed by atoms with E-state index in [1.54, 1.807) is 22.1 Å². The van der Waals surface area contributed by atoms with E-state index >= 15 is 0 Å². The monoisotopic (exact) mass is 491 g/mol. The van der Waals surface area contributed by atoms with E-state index < -0.39 is 23.0 Å². The molecule has 2 aromatic heterocycles. The summed E-state index contributed by atoms with van der Waals surface area (Å²) in [6.07, 6.45) is -1.66. The van der Waals surface area contributed by atoms with Crippen molar-refractivity contribution in [3.05, 3.63) is 46.0 Å². The number of amides is 1. The summed E-state index contributed by atoms with van der Waals surface area (Å²) in [6.45, 7) is 2.38. The molecule has 0 unspecified atom stereocenters. The highest BCUT2D eigenvalue weighted by Gasteiger charge is 2.38. The molecule has 35 heavy (non-hydrogen) atoms. The molecule has 4 heterocycles. The molecule has 1 amide bonds. The lowest BCUT2D eigenvalue weighted by Crippen LogP contribution is -2.49. The number of nitriles is 1. The molecule has 186 valence electrons. The second-order valence-electron chi connectivity index (χ2n) is 8.41. The highest BCUT2D eigenvalue weighted by atomic mass is 19.4. The number of anilines is 2. The van der Waals surface area contributed by atoms with Crippen molar-refractivity contribution in [3.63, 3.8) is 0 Å². The minimum atomic E-state index is -4.81. The first-order chi connectivity index (χ1) is 16.7. The van der Waals surface area contributed by atoms with Crippen LogP contribution in [-0.4, -0.2) is 70.9 Å². The van der Waals surface area contributed by atoms with Gasteiger partial charge in [-0.2, -0.15) is 23.5 Å². The van der Waals surface area contributed by atoms with Crippen LogP contribution in [0.1, 0.15) is 30.4 Å². The average molecular weight is 491 g/mol. The third-order valence-corrected chi connectivity index (χ3v) is 6.09. The number of H-pyrrole nitrogens is 1. The fourth-order valence-corrected chi connectivity index (χ4v) is 4.27. The normalized spacial score (nSPS) is 20.5. The van der Waals surface area contributed by atoms with Crippen molar-refractivity contribution < 1.29 is 22.7 Å². The summed E-state index contributed by atoms with van der Waals surface area (Å²) in [5, 5.41) is 16.7. The SMILES string of the molecule is N#Cc1ccc(N2CCN(C(=O)C[C@H]3CC[C@H](CNc4cn[nH]c(=O)c4C(F)(F)F)O3)CC2)nc1. The lowest BCUT2D eigenvalue weighted by molar-refractivity contribution is -0.138. The number of nitrogens with zero attached hydrogens (tertiary/aromatic N) is 5. The molecule has 2 atom stereocenters. The maximum absolute atomic E-state index is 13.2. The number of aromatic nitrogens is 3. The van der Waals surface area contributed by atoms with Gasteiger partial charge in [0.15, 0.2) is 0 Å². The van der Waals surface area contributed by atoms with Crippen molar-refractivity contribution in [2.24, 2.45) is 0 Å². The lowest BCUT2D eigenvalue weighted by atomic mass is 10.1. The summed E-state index contributed by atoms with van der Waals surface area (Å²) in [6, 6.07) is 5.53. The number of nitrogens with one attached hydrogen (secondary N) is 2. The van der Waals surface area contributed by atoms with Crippen molar-refractivity contribution in [3.8, 4) is 6.07 Å². The van der Waals surface area contributed by atoms with E-state index in [9.17, 15) is 22.8 Å². The van der Waals surface area contributed by atoms with Crippen LogP contribution in [0.15, 0.2) is 29.3 Å². The zero-order valence-electron chi connectivity index (χ0n) is 18.7. The highest BCUT2D eigenvalue weighted by Crippen LogP contribution is 2.32. The van der Waals surface area contributed by atoms with Crippen LogP contribution < -0.4 is 15.8 Å². The number of pyridine rings is 1. The van der Waals surface area contributed by atoms with E-state index in [1.807, 2.05) is 6.07 Å². The molecule has 0 aliphatic carbocycles. The minimum absolute atomic E-state index is 0.0332. The summed E-state index contributed by atoms with van der Waals surface area (Å²) in [7, 11) is 0. The number of aromatic amines is 1. The van der Waals surface area contributed by atoms with Crippen LogP contribution in [-0.2, 0) is 15.7 Å². The predicted molar refractivity (Wildman–Crippen MR) is 119 cm³/mol. The number of piperazine rings is 1. The number of halogens is 3. The Kier molecular flexibility index (Phi) is 7.20. The standard InChI is InChI=1S/C22H24F3N7O3/c23-22(24,25)20-17(13-29-30-21(20)34)27-12-16-3-2-15(35-16)9-19(33)32-7-5-31(6-8-32)18-4-1-14(10-26)11-28-18/h1,4,11,13,15-16H,2-3,5-9,12H2,(H2,27,30,34)/t15-,16-/m1/s1. The average Bonchev–Trinajstić information content (AvgIpc) is 3.29. The van der Waals surface area contributed by atoms with E-state index in [1.165, 1.54) is 6.20 Å². The Balaban J connectivity index is 1.23. The molecule has 4 rings (SSSR count). The van der Waals surface area contributed by atoms with E-state index in [2.05, 4.69) is 20.3 Å². The Morgan fingerprint density at radius 2 is 1.94 bits per heavy atom. The van der Waals surface area contributed by atoms with Gasteiger partial charge in [-0.3, -0.25) is 9.59 Å². The molecule has 10 nitrogen and oxygen atoms in total. The number of hydrogen-bond acceptors (Lipinski definition) is 8. The Morgan fingerprint density at radius 3 is 2.60 bits per heavy atom. The van der Waals surface area contributed by atoms with Crippen molar-refractivity contribution in [1.82, 2.24) is 20.1 Å². The minimum Gasteiger partial charge on any atom is -0.380 e. The van der Waals surface area contributed by atoms with Crippen LogP contribution in [0.2, 0.25) is 0 Å². The number of carbonyl (C=O) groups is 1. The summed E-state index contributed by atoms with van der Waals surface area (Å²) >= 11 is 0. The quantitative estimate of drug-likeness (QED) is 0.626. The summed E-state index contributed by atoms with van der Waals surface area (Å²) in [5.74, 6) is 0.726. The Bertz CT molecular complexity index is 1140. The molecule has 2 aromatic rings. The first-order valence-electron chi connectivity index (χ1n) is 11.2. The van der Waals surface area contributed by atoms with Gasteiger partial charge in [-0.1, -0.05) is 0 Å². The predicted octanol–water partition coefficient (Wildman–Crippen LogP) is 1.75. The first kappa shape index (κ1) is 24.5. The number of carbonyl (C=O) groups excluding carboxylic acids is 1. The summed E-state index contributed by atoms with van der Waals surface area (Å²) in [5.41, 5.74) is -2.55. The van der Waals surface area contributed by atoms with Crippen LogP contribution in [0.5, 0.6) is 0 Å². The molecule has 2 aliphatic rings. The van der Waals surface area contributed by atoms with Crippen molar-refractivity contribution in [1.29, 1.82) is 5.26 Å². The fraction of sp³-hybridized carbons (Fsp3) is 0.500. The third-order valence-electron chi connectivity index (χ3n) is 6.09. The molecule has 2 fully saturated rings. The molecule has 2 aliphatic heterocycles. The first-order valence-corrected chi connectivity index (χ1v) is 11.2. The van der Waals surface area contributed by atoms with Crippen LogP contribution in [0.3, 0.4) is 0 Å². The maximum atomic E-state index is 13.2. The summed E-state index contributed by atoms with van der Waals surface area (Å²) in [4.78, 5) is 32.4. The van der Waals surface area contributed by atoms with Gasteiger partial charge < -0.3 is 19.9 Å². The number of hydrogen-bond donors (Lipinski definition) is 2. The van der Waals surface area contributed by atoms with Gasteiger partial charge in [-0.25, -0.2) is 10.1 Å². The second kappa shape index (κ2) is 10.3. The van der Waals surface area contributed by atoms with Gasteiger partial charge in [-0.15, -0.1) is 0 Å². The number of alkyl halides is 3. The van der Waals surface area contributed by atoms with E-state index in [-0.39, 0.29) is 31.1 Å². The van der Waals surface area contributed by atoms with Crippen LogP contribution in [0, 0.1) is 11.3 Å². The maximum Gasteiger partial charge on any atom is 0.423 e. The second-order valence-corrected chi connectivity index (χ2v) is 8.41. The van der Waals surface area contributed by atoms with Crippen LogP contribution in [0.25, 0.3) is 0 Å². The van der Waals surface area contributed by atoms with Gasteiger partial charge in [-0.05, 0) is 25.0 Å². The molecule has 2 saturated heterocycles. The molecule has 0 spiro atoms. The molecule has 2 N–H and O–H groups in total. The lowest BCUT2D eigenvalue weighted by Gasteiger charge is -2.35. The molecule has 0 radical (unpaired) electrons. The Morgan fingerprint density at radius 1 is 1.20 bits per heavy atom. The van der Waals surface area contributed by atoms with Crippen molar-refractivity contribution in [2.45, 2.75) is 37.6 Å². The molecule has 13 heteroatoms. The van der Waals surface area contributed by atoms with E-state index in [0.29, 0.717) is 44.6 Å². The number of ether oxygens (including phenoxy) is 1. The van der Waals surface area contributed by atoms with E-state index in [0.717, 1.165) is 12.0 Å². The van der Waals surface area contributed by atoms with Gasteiger partial charge >= 0.3 is 6.18 Å². The third kappa shape index (κ3) is 5.89. The van der Waals surface area contributed by atoms with Gasteiger partial charge in [0.05, 0.1) is 36.1 Å². The van der Waals surface area contributed by atoms with E-state index in [4.69, 9.17) is 10.00 Å². The zero-order valence-corrected chi connectivity index (χ0v) is 18.7. The Hall–Kier alpha value is -3.66. The van der Waals surface area contributed by atoms with Gasteiger partial charge in [0.1, 0.15) is 17.5 Å². The molecule has 0 saturated carbocycles. The van der Waals surface area contributed by atoms with Crippen LogP contribution >= 0.6 is 0 Å². The molecule has 0 aromatic carbocycles. The van der Waals surface area contributed by atoms with Crippen LogP contribution in [0.4, 0.5) is 24.7 Å². The smallest absolute Gasteiger partial charge is 0.380 e. The van der Waals surface area contributed by atoms with Gasteiger partial charge in [0.2, 0.25) is 5.91 Å². The fourth-order valence-electron chi connectivity index (χ4n) is 4.27. The summed E-state index contributed by atoms with van der Waals surface area (Å²) < 4.78 is 45.4. The number of rotatable bonds is 6. The molecule has 0 bridgehead atoms. The zero-order chi connectivity index (χ0) is 25.0. The van der Waals surface area contributed by atoms with Crippen molar-refractivity contribution >= 4 is 17.4 Å². The van der Waals surface area contributed by atoms with Gasteiger partial charge in [0.25, 0.3) is 5.56 Å². The Labute approximate surface area is 198 Å².